The minimum Gasteiger partial charge on any atom is -0.456 e. The van der Waals surface area contributed by atoms with E-state index in [2.05, 4.69) is 81.4 Å². The molecule has 0 atom stereocenters. The van der Waals surface area contributed by atoms with E-state index in [1.54, 1.807) is 0 Å². The molecule has 0 aliphatic carbocycles. The molecular weight excluding hydrogens is 378 g/mol. The fourth-order valence-electron chi connectivity index (χ4n) is 4.21. The highest BCUT2D eigenvalue weighted by Gasteiger charge is 2.15. The van der Waals surface area contributed by atoms with E-state index in [0.717, 1.165) is 39.1 Å². The molecule has 31 heavy (non-hydrogen) atoms. The van der Waals surface area contributed by atoms with E-state index < -0.39 is 0 Å². The number of fused-ring (bicyclic) bond motifs is 1. The lowest BCUT2D eigenvalue weighted by atomic mass is 9.94. The largest absolute Gasteiger partial charge is 0.456 e. The molecule has 2 nitrogen and oxygen atoms in total. The highest BCUT2D eigenvalue weighted by atomic mass is 16.3. The van der Waals surface area contributed by atoms with Crippen LogP contribution in [-0.4, -0.2) is 4.98 Å². The van der Waals surface area contributed by atoms with Crippen LogP contribution in [0.1, 0.15) is 30.9 Å². The van der Waals surface area contributed by atoms with Crippen LogP contribution in [0.3, 0.4) is 0 Å². The highest BCUT2D eigenvalue weighted by Crippen LogP contribution is 2.38. The summed E-state index contributed by atoms with van der Waals surface area (Å²) in [6, 6.07) is 29.5. The van der Waals surface area contributed by atoms with E-state index >= 15 is 0 Å². The molecule has 0 N–H and O–H groups in total. The molecule has 0 aliphatic heterocycles. The smallest absolute Gasteiger partial charge is 0.136 e. The molecule has 0 radical (unpaired) electrons. The number of rotatable bonds is 4. The van der Waals surface area contributed by atoms with Gasteiger partial charge < -0.3 is 4.42 Å². The normalized spacial score (nSPS) is 11.4. The van der Waals surface area contributed by atoms with Crippen molar-refractivity contribution in [1.29, 1.82) is 0 Å². The maximum absolute atomic E-state index is 6.35. The Kier molecular flexibility index (Phi) is 4.91. The van der Waals surface area contributed by atoms with Gasteiger partial charge in [-0.2, -0.15) is 0 Å². The third-order valence-electron chi connectivity index (χ3n) is 5.84. The van der Waals surface area contributed by atoms with E-state index in [0.29, 0.717) is 5.92 Å². The Balaban J connectivity index is 1.75. The maximum Gasteiger partial charge on any atom is 0.136 e. The van der Waals surface area contributed by atoms with Crippen molar-refractivity contribution in [1.82, 2.24) is 4.98 Å². The maximum atomic E-state index is 6.35. The van der Waals surface area contributed by atoms with Crippen molar-refractivity contribution in [2.45, 2.75) is 26.7 Å². The number of hydrogen-bond donors (Lipinski definition) is 0. The Hall–Kier alpha value is -3.65. The number of hydrogen-bond acceptors (Lipinski definition) is 2. The average molecular weight is 404 g/mol. The summed E-state index contributed by atoms with van der Waals surface area (Å²) in [4.78, 5) is 4.76. The summed E-state index contributed by atoms with van der Waals surface area (Å²) in [5, 5.41) is 1.12. The molecule has 0 unspecified atom stereocenters. The van der Waals surface area contributed by atoms with Gasteiger partial charge in [-0.05, 0) is 59.4 Å². The van der Waals surface area contributed by atoms with Crippen LogP contribution in [0.5, 0.6) is 0 Å². The first-order valence-electron chi connectivity index (χ1n) is 10.8. The topological polar surface area (TPSA) is 26.0 Å². The lowest BCUT2D eigenvalue weighted by molar-refractivity contribution is 0.632. The molecular formula is C29H25NO. The van der Waals surface area contributed by atoms with Gasteiger partial charge in [0.2, 0.25) is 0 Å². The summed E-state index contributed by atoms with van der Waals surface area (Å²) < 4.78 is 6.35. The van der Waals surface area contributed by atoms with Crippen molar-refractivity contribution in [2.24, 2.45) is 0 Å². The molecule has 0 saturated heterocycles. The lowest BCUT2D eigenvalue weighted by Gasteiger charge is -2.12. The highest BCUT2D eigenvalue weighted by molar-refractivity contribution is 5.99. The molecule has 0 spiro atoms. The number of aryl methyl sites for hydroxylation is 1. The third kappa shape index (κ3) is 3.66. The second-order valence-electron chi connectivity index (χ2n) is 8.36. The van der Waals surface area contributed by atoms with Crippen LogP contribution in [0.2, 0.25) is 0 Å². The van der Waals surface area contributed by atoms with Gasteiger partial charge in [-0.25, -0.2) is 0 Å². The van der Waals surface area contributed by atoms with E-state index in [1.807, 2.05) is 30.5 Å². The van der Waals surface area contributed by atoms with E-state index in [9.17, 15) is 0 Å². The van der Waals surface area contributed by atoms with E-state index in [4.69, 9.17) is 9.40 Å². The SMILES string of the molecule is Cc1cnc(-c2cc(-c3ccccc3)c3cc(-c4ccccc4)oc3c2)cc1C(C)C. The Labute approximate surface area is 183 Å². The predicted molar refractivity (Wildman–Crippen MR) is 129 cm³/mol. The molecule has 2 heterocycles. The van der Waals surface area contributed by atoms with Crippen molar-refractivity contribution in [3.8, 4) is 33.7 Å². The molecule has 0 amide bonds. The lowest BCUT2D eigenvalue weighted by Crippen LogP contribution is -1.95. The second-order valence-corrected chi connectivity index (χ2v) is 8.36. The fraction of sp³-hybridized carbons (Fsp3) is 0.138. The summed E-state index contributed by atoms with van der Waals surface area (Å²) in [7, 11) is 0. The Morgan fingerprint density at radius 3 is 2.10 bits per heavy atom. The van der Waals surface area contributed by atoms with Crippen LogP contribution in [0.4, 0.5) is 0 Å². The van der Waals surface area contributed by atoms with Crippen molar-refractivity contribution in [3.05, 3.63) is 102 Å². The van der Waals surface area contributed by atoms with Crippen LogP contribution >= 0.6 is 0 Å². The summed E-state index contributed by atoms with van der Waals surface area (Å²) in [6.45, 7) is 6.58. The number of pyridine rings is 1. The summed E-state index contributed by atoms with van der Waals surface area (Å²) >= 11 is 0. The van der Waals surface area contributed by atoms with Gasteiger partial charge >= 0.3 is 0 Å². The van der Waals surface area contributed by atoms with Crippen molar-refractivity contribution in [2.75, 3.05) is 0 Å². The van der Waals surface area contributed by atoms with E-state index in [-0.39, 0.29) is 0 Å². The van der Waals surface area contributed by atoms with Crippen LogP contribution in [0.15, 0.2) is 95.5 Å². The monoisotopic (exact) mass is 403 g/mol. The van der Waals surface area contributed by atoms with Crippen LogP contribution in [0.25, 0.3) is 44.7 Å². The molecule has 152 valence electrons. The predicted octanol–water partition coefficient (Wildman–Crippen LogP) is 8.26. The van der Waals surface area contributed by atoms with E-state index in [1.165, 1.54) is 16.7 Å². The number of furan rings is 1. The average Bonchev–Trinajstić information content (AvgIpc) is 3.24. The molecule has 0 bridgehead atoms. The molecule has 5 aromatic rings. The van der Waals surface area contributed by atoms with Gasteiger partial charge in [0, 0.05) is 22.7 Å². The first kappa shape index (κ1) is 19.3. The van der Waals surface area contributed by atoms with Gasteiger partial charge in [0.25, 0.3) is 0 Å². The summed E-state index contributed by atoms with van der Waals surface area (Å²) in [5.41, 5.74) is 8.90. The van der Waals surface area contributed by atoms with Crippen LogP contribution in [0, 0.1) is 6.92 Å². The number of nitrogens with zero attached hydrogens (tertiary/aromatic N) is 1. The number of aromatic nitrogens is 1. The zero-order valence-corrected chi connectivity index (χ0v) is 18.1. The van der Waals surface area contributed by atoms with Crippen molar-refractivity contribution in [3.63, 3.8) is 0 Å². The molecule has 2 heteroatoms. The Bertz CT molecular complexity index is 1350. The van der Waals surface area contributed by atoms with Gasteiger partial charge in [-0.1, -0.05) is 74.5 Å². The quantitative estimate of drug-likeness (QED) is 0.302. The first-order chi connectivity index (χ1) is 15.1. The molecule has 2 aromatic heterocycles. The molecule has 0 saturated carbocycles. The van der Waals surface area contributed by atoms with Gasteiger partial charge in [0.05, 0.1) is 5.69 Å². The fourth-order valence-corrected chi connectivity index (χ4v) is 4.21. The Morgan fingerprint density at radius 1 is 0.742 bits per heavy atom. The minimum absolute atomic E-state index is 0.451. The first-order valence-corrected chi connectivity index (χ1v) is 10.8. The van der Waals surface area contributed by atoms with Gasteiger partial charge in [-0.3, -0.25) is 4.98 Å². The zero-order chi connectivity index (χ0) is 21.4. The van der Waals surface area contributed by atoms with Crippen molar-refractivity contribution < 1.29 is 4.42 Å². The molecule has 0 fully saturated rings. The van der Waals surface area contributed by atoms with Crippen LogP contribution < -0.4 is 0 Å². The summed E-state index contributed by atoms with van der Waals surface area (Å²) in [6.07, 6.45) is 1.98. The second kappa shape index (κ2) is 7.88. The van der Waals surface area contributed by atoms with Gasteiger partial charge in [0.1, 0.15) is 11.3 Å². The minimum atomic E-state index is 0.451. The zero-order valence-electron chi connectivity index (χ0n) is 18.1. The van der Waals surface area contributed by atoms with Gasteiger partial charge in [-0.15, -0.1) is 0 Å². The Morgan fingerprint density at radius 2 is 1.42 bits per heavy atom. The molecule has 3 aromatic carbocycles. The number of benzene rings is 3. The standard InChI is InChI=1S/C29H25NO/c1-19(2)24-16-27(30-18-20(24)3)23-14-25(21-10-6-4-7-11-21)26-17-28(31-29(26)15-23)22-12-8-5-9-13-22/h4-19H,1-3H3. The molecule has 0 aliphatic rings. The van der Waals surface area contributed by atoms with Crippen molar-refractivity contribution >= 4 is 11.0 Å². The molecule has 5 rings (SSSR count). The summed E-state index contributed by atoms with van der Waals surface area (Å²) in [5.74, 6) is 1.33. The van der Waals surface area contributed by atoms with Crippen LogP contribution in [-0.2, 0) is 0 Å². The van der Waals surface area contributed by atoms with Gasteiger partial charge in [0.15, 0.2) is 0 Å². The third-order valence-corrected chi connectivity index (χ3v) is 5.84.